The normalized spacial score (nSPS) is 44.1. The van der Waals surface area contributed by atoms with Crippen molar-refractivity contribution in [3.05, 3.63) is 0 Å². The van der Waals surface area contributed by atoms with Gasteiger partial charge in [0.2, 0.25) is 0 Å². The summed E-state index contributed by atoms with van der Waals surface area (Å²) < 4.78 is 0. The van der Waals surface area contributed by atoms with Gasteiger partial charge in [-0.1, -0.05) is 39.0 Å². The molecule has 82 valence electrons. The van der Waals surface area contributed by atoms with Crippen molar-refractivity contribution in [3.8, 4) is 0 Å². The van der Waals surface area contributed by atoms with E-state index in [-0.39, 0.29) is 0 Å². The Bertz CT molecular complexity index is 178. The second kappa shape index (κ2) is 4.65. The second-order valence-corrected chi connectivity index (χ2v) is 5.46. The first-order valence-corrected chi connectivity index (χ1v) is 6.56. The summed E-state index contributed by atoms with van der Waals surface area (Å²) in [5.74, 6) is 2.87. The Morgan fingerprint density at radius 3 is 2.50 bits per heavy atom. The van der Waals surface area contributed by atoms with Gasteiger partial charge >= 0.3 is 0 Å². The number of hydrogen-bond acceptors (Lipinski definition) is 1. The first-order chi connectivity index (χ1) is 6.81. The molecule has 1 heteroatoms. The average molecular weight is 195 g/mol. The standard InChI is InChI=1S/C13H25N/c1-2-10-5-3-6-11(9-10)12-7-4-8-13(12)14/h10-13H,2-9,14H2,1H3. The minimum atomic E-state index is 0.538. The van der Waals surface area contributed by atoms with Gasteiger partial charge in [-0.05, 0) is 37.0 Å². The summed E-state index contributed by atoms with van der Waals surface area (Å²) >= 11 is 0. The second-order valence-electron chi connectivity index (χ2n) is 5.46. The molecular weight excluding hydrogens is 170 g/mol. The van der Waals surface area contributed by atoms with Crippen LogP contribution in [0.3, 0.4) is 0 Å². The molecule has 0 spiro atoms. The molecule has 0 heterocycles. The maximum atomic E-state index is 6.20. The Kier molecular flexibility index (Phi) is 3.48. The SMILES string of the molecule is CCC1CCCC(C2CCCC2N)C1. The molecule has 2 fully saturated rings. The van der Waals surface area contributed by atoms with Crippen molar-refractivity contribution in [1.29, 1.82) is 0 Å². The average Bonchev–Trinajstić information content (AvgIpc) is 2.65. The van der Waals surface area contributed by atoms with Crippen molar-refractivity contribution >= 4 is 0 Å². The fourth-order valence-electron chi connectivity index (χ4n) is 3.69. The van der Waals surface area contributed by atoms with E-state index in [0.717, 1.165) is 17.8 Å². The van der Waals surface area contributed by atoms with Gasteiger partial charge in [-0.25, -0.2) is 0 Å². The van der Waals surface area contributed by atoms with Gasteiger partial charge in [-0.3, -0.25) is 0 Å². The molecule has 2 N–H and O–H groups in total. The third kappa shape index (κ3) is 2.13. The third-order valence-corrected chi connectivity index (χ3v) is 4.63. The quantitative estimate of drug-likeness (QED) is 0.718. The van der Waals surface area contributed by atoms with E-state index in [1.54, 1.807) is 0 Å². The number of nitrogens with two attached hydrogens (primary N) is 1. The maximum absolute atomic E-state index is 6.20. The zero-order chi connectivity index (χ0) is 9.97. The molecule has 2 aliphatic rings. The summed E-state index contributed by atoms with van der Waals surface area (Å²) in [6, 6.07) is 0.538. The summed E-state index contributed by atoms with van der Waals surface area (Å²) in [6.45, 7) is 2.35. The van der Waals surface area contributed by atoms with Gasteiger partial charge < -0.3 is 5.73 Å². The lowest BCUT2D eigenvalue weighted by molar-refractivity contribution is 0.182. The predicted octanol–water partition coefficient (Wildman–Crippen LogP) is 3.33. The molecule has 14 heavy (non-hydrogen) atoms. The molecule has 1 nitrogen and oxygen atoms in total. The van der Waals surface area contributed by atoms with Gasteiger partial charge in [-0.2, -0.15) is 0 Å². The highest BCUT2D eigenvalue weighted by atomic mass is 14.7. The van der Waals surface area contributed by atoms with Crippen LogP contribution < -0.4 is 5.73 Å². The first kappa shape index (κ1) is 10.5. The fraction of sp³-hybridized carbons (Fsp3) is 1.00. The molecule has 0 aromatic rings. The van der Waals surface area contributed by atoms with Crippen LogP contribution in [0.2, 0.25) is 0 Å². The van der Waals surface area contributed by atoms with Gasteiger partial charge in [0.05, 0.1) is 0 Å². The van der Waals surface area contributed by atoms with E-state index >= 15 is 0 Å². The molecule has 0 aliphatic heterocycles. The molecule has 4 unspecified atom stereocenters. The maximum Gasteiger partial charge on any atom is 0.00698 e. The van der Waals surface area contributed by atoms with Crippen molar-refractivity contribution < 1.29 is 0 Å². The molecule has 2 aliphatic carbocycles. The van der Waals surface area contributed by atoms with Crippen LogP contribution in [0.4, 0.5) is 0 Å². The smallest absolute Gasteiger partial charge is 0.00698 e. The zero-order valence-electron chi connectivity index (χ0n) is 9.54. The summed E-state index contributed by atoms with van der Waals surface area (Å²) in [5.41, 5.74) is 6.20. The number of hydrogen-bond donors (Lipinski definition) is 1. The summed E-state index contributed by atoms with van der Waals surface area (Å²) in [5, 5.41) is 0. The van der Waals surface area contributed by atoms with E-state index in [4.69, 9.17) is 5.73 Å². The highest BCUT2D eigenvalue weighted by Gasteiger charge is 2.33. The van der Waals surface area contributed by atoms with Gasteiger partial charge in [0, 0.05) is 6.04 Å². The summed E-state index contributed by atoms with van der Waals surface area (Å²) in [6.07, 6.45) is 11.4. The van der Waals surface area contributed by atoms with Gasteiger partial charge in [0.25, 0.3) is 0 Å². The van der Waals surface area contributed by atoms with Crippen LogP contribution in [0.1, 0.15) is 58.3 Å². The van der Waals surface area contributed by atoms with Crippen molar-refractivity contribution in [1.82, 2.24) is 0 Å². The van der Waals surface area contributed by atoms with Crippen LogP contribution in [-0.2, 0) is 0 Å². The van der Waals surface area contributed by atoms with E-state index in [1.807, 2.05) is 0 Å². The van der Waals surface area contributed by atoms with Crippen LogP contribution in [0.25, 0.3) is 0 Å². The molecule has 0 saturated heterocycles. The molecule has 4 atom stereocenters. The molecule has 2 rings (SSSR count). The topological polar surface area (TPSA) is 26.0 Å². The lowest BCUT2D eigenvalue weighted by atomic mass is 9.73. The third-order valence-electron chi connectivity index (χ3n) is 4.63. The number of rotatable bonds is 2. The fourth-order valence-corrected chi connectivity index (χ4v) is 3.69. The van der Waals surface area contributed by atoms with Crippen LogP contribution in [-0.4, -0.2) is 6.04 Å². The Morgan fingerprint density at radius 2 is 1.86 bits per heavy atom. The van der Waals surface area contributed by atoms with Crippen molar-refractivity contribution in [2.24, 2.45) is 23.5 Å². The monoisotopic (exact) mass is 195 g/mol. The highest BCUT2D eigenvalue weighted by Crippen LogP contribution is 2.41. The molecule has 2 saturated carbocycles. The first-order valence-electron chi connectivity index (χ1n) is 6.56. The molecule has 0 aromatic heterocycles. The van der Waals surface area contributed by atoms with Crippen LogP contribution in [0, 0.1) is 17.8 Å². The Balaban J connectivity index is 1.90. The molecule has 0 amide bonds. The Labute approximate surface area is 88.4 Å². The van der Waals surface area contributed by atoms with E-state index in [9.17, 15) is 0 Å². The lowest BCUT2D eigenvalue weighted by Gasteiger charge is -2.34. The van der Waals surface area contributed by atoms with Crippen LogP contribution in [0.15, 0.2) is 0 Å². The van der Waals surface area contributed by atoms with Crippen LogP contribution >= 0.6 is 0 Å². The van der Waals surface area contributed by atoms with Gasteiger partial charge in [0.15, 0.2) is 0 Å². The summed E-state index contributed by atoms with van der Waals surface area (Å²) in [4.78, 5) is 0. The van der Waals surface area contributed by atoms with Crippen molar-refractivity contribution in [2.45, 2.75) is 64.3 Å². The van der Waals surface area contributed by atoms with E-state index in [0.29, 0.717) is 6.04 Å². The van der Waals surface area contributed by atoms with Crippen molar-refractivity contribution in [2.75, 3.05) is 0 Å². The molecule has 0 radical (unpaired) electrons. The van der Waals surface area contributed by atoms with Gasteiger partial charge in [-0.15, -0.1) is 0 Å². The minimum Gasteiger partial charge on any atom is -0.327 e. The molecular formula is C13H25N. The van der Waals surface area contributed by atoms with E-state index in [1.165, 1.54) is 51.4 Å². The highest BCUT2D eigenvalue weighted by molar-refractivity contribution is 4.87. The predicted molar refractivity (Wildman–Crippen MR) is 61.1 cm³/mol. The van der Waals surface area contributed by atoms with Gasteiger partial charge in [0.1, 0.15) is 0 Å². The van der Waals surface area contributed by atoms with Crippen LogP contribution in [0.5, 0.6) is 0 Å². The van der Waals surface area contributed by atoms with E-state index in [2.05, 4.69) is 6.92 Å². The lowest BCUT2D eigenvalue weighted by Crippen LogP contribution is -2.33. The molecule has 0 aromatic carbocycles. The Morgan fingerprint density at radius 1 is 1.07 bits per heavy atom. The molecule has 0 bridgehead atoms. The summed E-state index contributed by atoms with van der Waals surface area (Å²) in [7, 11) is 0. The van der Waals surface area contributed by atoms with Crippen molar-refractivity contribution in [3.63, 3.8) is 0 Å². The Hall–Kier alpha value is -0.0400. The van der Waals surface area contributed by atoms with E-state index < -0.39 is 0 Å². The largest absolute Gasteiger partial charge is 0.327 e. The minimum absolute atomic E-state index is 0.538. The zero-order valence-corrected chi connectivity index (χ0v) is 9.54.